The molecule has 0 saturated heterocycles. The lowest BCUT2D eigenvalue weighted by molar-refractivity contribution is 0.924. The van der Waals surface area contributed by atoms with Crippen molar-refractivity contribution in [2.45, 2.75) is 13.3 Å². The molecule has 2 aromatic heterocycles. The van der Waals surface area contributed by atoms with E-state index in [-0.39, 0.29) is 5.56 Å². The van der Waals surface area contributed by atoms with Gasteiger partial charge in [0.1, 0.15) is 5.82 Å². The van der Waals surface area contributed by atoms with Crippen LogP contribution in [-0.4, -0.2) is 15.0 Å². The summed E-state index contributed by atoms with van der Waals surface area (Å²) in [5.41, 5.74) is 2.33. The van der Waals surface area contributed by atoms with Gasteiger partial charge in [-0.05, 0) is 12.1 Å². The van der Waals surface area contributed by atoms with E-state index in [1.54, 1.807) is 6.20 Å². The third-order valence-corrected chi connectivity index (χ3v) is 3.01. The number of nitrogens with one attached hydrogen (secondary N) is 1. The first-order valence-electron chi connectivity index (χ1n) is 6.21. The number of aromatic nitrogens is 3. The van der Waals surface area contributed by atoms with Gasteiger partial charge in [-0.1, -0.05) is 25.1 Å². The topological polar surface area (TPSA) is 58.6 Å². The monoisotopic (exact) mass is 251 g/mol. The van der Waals surface area contributed by atoms with Crippen molar-refractivity contribution in [1.29, 1.82) is 0 Å². The second-order valence-electron chi connectivity index (χ2n) is 4.35. The number of benzene rings is 1. The van der Waals surface area contributed by atoms with Gasteiger partial charge in [0.25, 0.3) is 5.56 Å². The van der Waals surface area contributed by atoms with Gasteiger partial charge in [-0.3, -0.25) is 9.78 Å². The van der Waals surface area contributed by atoms with E-state index in [9.17, 15) is 4.79 Å². The van der Waals surface area contributed by atoms with Gasteiger partial charge in [0.2, 0.25) is 0 Å². The highest BCUT2D eigenvalue weighted by Gasteiger charge is 2.04. The number of para-hydroxylation sites is 1. The zero-order valence-corrected chi connectivity index (χ0v) is 10.6. The van der Waals surface area contributed by atoms with Crippen LogP contribution >= 0.6 is 0 Å². The van der Waals surface area contributed by atoms with Gasteiger partial charge >= 0.3 is 0 Å². The Balaban J connectivity index is 2.18. The van der Waals surface area contributed by atoms with Crippen LogP contribution in [-0.2, 0) is 6.42 Å². The summed E-state index contributed by atoms with van der Waals surface area (Å²) in [6.07, 6.45) is 2.45. The molecule has 0 saturated carbocycles. The molecular weight excluding hydrogens is 238 g/mol. The van der Waals surface area contributed by atoms with Crippen LogP contribution in [0, 0.1) is 0 Å². The van der Waals surface area contributed by atoms with Gasteiger partial charge in [0.05, 0.1) is 11.2 Å². The molecule has 1 aromatic carbocycles. The molecule has 0 aliphatic carbocycles. The minimum absolute atomic E-state index is 0.130. The van der Waals surface area contributed by atoms with Gasteiger partial charge in [0.15, 0.2) is 0 Å². The minimum atomic E-state index is -0.130. The quantitative estimate of drug-likeness (QED) is 0.761. The summed E-state index contributed by atoms with van der Waals surface area (Å²) in [6, 6.07) is 11.4. The number of hydrogen-bond donors (Lipinski definition) is 1. The maximum atomic E-state index is 11.6. The van der Waals surface area contributed by atoms with Gasteiger partial charge < -0.3 is 4.98 Å². The smallest absolute Gasteiger partial charge is 0.251 e. The fraction of sp³-hybridized carbons (Fsp3) is 0.133. The van der Waals surface area contributed by atoms with Gasteiger partial charge in [-0.25, -0.2) is 4.98 Å². The Morgan fingerprint density at radius 2 is 2.05 bits per heavy atom. The molecule has 0 spiro atoms. The van der Waals surface area contributed by atoms with Crippen LogP contribution in [0.4, 0.5) is 0 Å². The molecule has 3 rings (SSSR count). The summed E-state index contributed by atoms with van der Waals surface area (Å²) in [6.45, 7) is 1.96. The Morgan fingerprint density at radius 3 is 2.89 bits per heavy atom. The zero-order valence-electron chi connectivity index (χ0n) is 10.6. The molecule has 0 aliphatic rings. The number of H-pyrrole nitrogens is 1. The fourth-order valence-electron chi connectivity index (χ4n) is 2.03. The second kappa shape index (κ2) is 4.65. The van der Waals surface area contributed by atoms with Crippen LogP contribution in [0.2, 0.25) is 0 Å². The molecule has 2 heterocycles. The SMILES string of the molecule is CCc1nc(-c2cnc3ccccc3c2)cc(=O)[nH]1. The number of fused-ring (bicyclic) bond motifs is 1. The van der Waals surface area contributed by atoms with E-state index in [4.69, 9.17) is 0 Å². The summed E-state index contributed by atoms with van der Waals surface area (Å²) in [5, 5.41) is 1.04. The third-order valence-electron chi connectivity index (χ3n) is 3.01. The van der Waals surface area contributed by atoms with E-state index in [1.807, 2.05) is 37.3 Å². The minimum Gasteiger partial charge on any atom is -0.311 e. The largest absolute Gasteiger partial charge is 0.311 e. The predicted molar refractivity (Wildman–Crippen MR) is 75.0 cm³/mol. The molecule has 4 nitrogen and oxygen atoms in total. The number of aromatic amines is 1. The Labute approximate surface area is 110 Å². The van der Waals surface area contributed by atoms with Crippen LogP contribution in [0.15, 0.2) is 47.4 Å². The van der Waals surface area contributed by atoms with Crippen molar-refractivity contribution in [1.82, 2.24) is 15.0 Å². The summed E-state index contributed by atoms with van der Waals surface area (Å²) in [4.78, 5) is 23.1. The number of pyridine rings is 1. The predicted octanol–water partition coefficient (Wildman–Crippen LogP) is 2.55. The van der Waals surface area contributed by atoms with E-state index in [0.717, 1.165) is 16.5 Å². The summed E-state index contributed by atoms with van der Waals surface area (Å²) in [5.74, 6) is 0.690. The number of aryl methyl sites for hydroxylation is 1. The molecule has 3 aromatic rings. The molecule has 0 aliphatic heterocycles. The van der Waals surface area contributed by atoms with Crippen molar-refractivity contribution in [3.63, 3.8) is 0 Å². The normalized spacial score (nSPS) is 10.8. The maximum absolute atomic E-state index is 11.6. The fourth-order valence-corrected chi connectivity index (χ4v) is 2.03. The van der Waals surface area contributed by atoms with Crippen molar-refractivity contribution in [3.8, 4) is 11.3 Å². The first-order chi connectivity index (χ1) is 9.26. The Hall–Kier alpha value is -2.49. The van der Waals surface area contributed by atoms with E-state index in [2.05, 4.69) is 15.0 Å². The van der Waals surface area contributed by atoms with Gasteiger partial charge in [-0.15, -0.1) is 0 Å². The maximum Gasteiger partial charge on any atom is 0.251 e. The molecule has 0 unspecified atom stereocenters. The average Bonchev–Trinajstić information content (AvgIpc) is 2.46. The number of nitrogens with zero attached hydrogens (tertiary/aromatic N) is 2. The zero-order chi connectivity index (χ0) is 13.2. The molecule has 4 heteroatoms. The molecule has 1 N–H and O–H groups in total. The van der Waals surface area contributed by atoms with Crippen molar-refractivity contribution < 1.29 is 0 Å². The Kier molecular flexibility index (Phi) is 2.83. The van der Waals surface area contributed by atoms with Gasteiger partial charge in [0, 0.05) is 29.6 Å². The first kappa shape index (κ1) is 11.6. The van der Waals surface area contributed by atoms with Crippen molar-refractivity contribution in [2.75, 3.05) is 0 Å². The highest BCUT2D eigenvalue weighted by Crippen LogP contribution is 2.20. The molecule has 0 fully saturated rings. The van der Waals surface area contributed by atoms with Crippen molar-refractivity contribution in [2.24, 2.45) is 0 Å². The van der Waals surface area contributed by atoms with E-state index in [1.165, 1.54) is 6.07 Å². The van der Waals surface area contributed by atoms with Crippen LogP contribution in [0.25, 0.3) is 22.2 Å². The third kappa shape index (κ3) is 2.25. The number of rotatable bonds is 2. The second-order valence-corrected chi connectivity index (χ2v) is 4.35. The van der Waals surface area contributed by atoms with Gasteiger partial charge in [-0.2, -0.15) is 0 Å². The lowest BCUT2D eigenvalue weighted by atomic mass is 10.1. The standard InChI is InChI=1S/C15H13N3O/c1-2-14-17-13(8-15(19)18-14)11-7-10-5-3-4-6-12(10)16-9-11/h3-9H,2H2,1H3,(H,17,18,19). The molecule has 19 heavy (non-hydrogen) atoms. The van der Waals surface area contributed by atoms with Crippen LogP contribution in [0.3, 0.4) is 0 Å². The summed E-state index contributed by atoms with van der Waals surface area (Å²) in [7, 11) is 0. The van der Waals surface area contributed by atoms with Crippen molar-refractivity contribution >= 4 is 10.9 Å². The summed E-state index contributed by atoms with van der Waals surface area (Å²) >= 11 is 0. The van der Waals surface area contributed by atoms with Crippen LogP contribution in [0.5, 0.6) is 0 Å². The molecule has 0 bridgehead atoms. The Bertz CT molecular complexity index is 792. The lowest BCUT2D eigenvalue weighted by Crippen LogP contribution is -2.10. The Morgan fingerprint density at radius 1 is 1.21 bits per heavy atom. The number of hydrogen-bond acceptors (Lipinski definition) is 3. The van der Waals surface area contributed by atoms with Crippen LogP contribution < -0.4 is 5.56 Å². The molecule has 0 radical (unpaired) electrons. The average molecular weight is 251 g/mol. The van der Waals surface area contributed by atoms with E-state index in [0.29, 0.717) is 17.9 Å². The highest BCUT2D eigenvalue weighted by molar-refractivity contribution is 5.82. The highest BCUT2D eigenvalue weighted by atomic mass is 16.1. The molecule has 0 atom stereocenters. The van der Waals surface area contributed by atoms with E-state index >= 15 is 0 Å². The van der Waals surface area contributed by atoms with E-state index < -0.39 is 0 Å². The molecule has 0 amide bonds. The lowest BCUT2D eigenvalue weighted by Gasteiger charge is -2.04. The van der Waals surface area contributed by atoms with Crippen molar-refractivity contribution in [3.05, 3.63) is 58.8 Å². The molecule has 94 valence electrons. The summed E-state index contributed by atoms with van der Waals surface area (Å²) < 4.78 is 0. The van der Waals surface area contributed by atoms with Crippen LogP contribution in [0.1, 0.15) is 12.7 Å². The first-order valence-corrected chi connectivity index (χ1v) is 6.21. The molecular formula is C15H13N3O.